The van der Waals surface area contributed by atoms with Crippen LogP contribution >= 0.6 is 0 Å². The van der Waals surface area contributed by atoms with Crippen LogP contribution in [0.3, 0.4) is 0 Å². The standard InChI is InChI=1S/C23H22F2N2O4S/c1-32(29,30)27(21-10-6-19(24)7-11-21)16-17-2-4-18(5-3-17)23(28)26-14-15-31-22-12-8-20(25)9-13-22/h2-13H,14-16H2,1H3,(H,26,28). The topological polar surface area (TPSA) is 75.7 Å². The number of nitrogens with one attached hydrogen (secondary N) is 1. The molecule has 0 aliphatic heterocycles. The number of sulfonamides is 1. The average molecular weight is 461 g/mol. The molecule has 3 rings (SSSR count). The SMILES string of the molecule is CS(=O)(=O)N(Cc1ccc(C(=O)NCCOc2ccc(F)cc2)cc1)c1ccc(F)cc1. The van der Waals surface area contributed by atoms with Crippen LogP contribution in [0.25, 0.3) is 0 Å². The Kier molecular flexibility index (Phi) is 7.42. The van der Waals surface area contributed by atoms with Gasteiger partial charge in [0, 0.05) is 5.56 Å². The smallest absolute Gasteiger partial charge is 0.251 e. The number of ether oxygens (including phenoxy) is 1. The number of carbonyl (C=O) groups is 1. The van der Waals surface area contributed by atoms with Crippen molar-refractivity contribution in [1.29, 1.82) is 0 Å². The molecule has 9 heteroatoms. The van der Waals surface area contributed by atoms with Crippen molar-refractivity contribution in [3.63, 3.8) is 0 Å². The van der Waals surface area contributed by atoms with Gasteiger partial charge < -0.3 is 10.1 Å². The molecule has 0 saturated heterocycles. The predicted molar refractivity (Wildman–Crippen MR) is 118 cm³/mol. The van der Waals surface area contributed by atoms with Crippen LogP contribution in [0.1, 0.15) is 15.9 Å². The molecule has 1 amide bonds. The molecule has 0 bridgehead atoms. The van der Waals surface area contributed by atoms with Gasteiger partial charge in [-0.3, -0.25) is 9.10 Å². The number of halogens is 2. The Morgan fingerprint density at radius 1 is 0.906 bits per heavy atom. The summed E-state index contributed by atoms with van der Waals surface area (Å²) in [5.41, 5.74) is 1.41. The van der Waals surface area contributed by atoms with E-state index < -0.39 is 15.8 Å². The molecule has 0 saturated carbocycles. The third kappa shape index (κ3) is 6.52. The van der Waals surface area contributed by atoms with Crippen molar-refractivity contribution in [2.45, 2.75) is 6.54 Å². The number of benzene rings is 3. The van der Waals surface area contributed by atoms with Crippen LogP contribution in [-0.4, -0.2) is 33.7 Å². The van der Waals surface area contributed by atoms with Crippen LogP contribution in [-0.2, 0) is 16.6 Å². The first kappa shape index (κ1) is 23.2. The Labute approximate surface area is 185 Å². The molecular formula is C23H22F2N2O4S. The normalized spacial score (nSPS) is 11.1. The lowest BCUT2D eigenvalue weighted by atomic mass is 10.1. The van der Waals surface area contributed by atoms with E-state index in [1.807, 2.05) is 0 Å². The van der Waals surface area contributed by atoms with E-state index >= 15 is 0 Å². The summed E-state index contributed by atoms with van der Waals surface area (Å²) >= 11 is 0. The van der Waals surface area contributed by atoms with E-state index in [0.717, 1.165) is 10.6 Å². The number of hydrogen-bond donors (Lipinski definition) is 1. The first-order valence-electron chi connectivity index (χ1n) is 9.71. The molecule has 32 heavy (non-hydrogen) atoms. The molecule has 0 atom stereocenters. The third-order valence-corrected chi connectivity index (χ3v) is 5.67. The maximum Gasteiger partial charge on any atom is 0.251 e. The van der Waals surface area contributed by atoms with E-state index in [-0.39, 0.29) is 31.4 Å². The van der Waals surface area contributed by atoms with Gasteiger partial charge >= 0.3 is 0 Å². The fourth-order valence-corrected chi connectivity index (χ4v) is 3.79. The van der Waals surface area contributed by atoms with Gasteiger partial charge in [-0.15, -0.1) is 0 Å². The Morgan fingerprint density at radius 2 is 1.47 bits per heavy atom. The van der Waals surface area contributed by atoms with Crippen LogP contribution in [0.5, 0.6) is 5.75 Å². The Bertz CT molecular complexity index is 1150. The molecule has 0 heterocycles. The van der Waals surface area contributed by atoms with E-state index in [0.29, 0.717) is 22.6 Å². The van der Waals surface area contributed by atoms with E-state index in [9.17, 15) is 22.0 Å². The van der Waals surface area contributed by atoms with E-state index in [1.54, 1.807) is 24.3 Å². The number of carbonyl (C=O) groups excluding carboxylic acids is 1. The van der Waals surface area contributed by atoms with Crippen LogP contribution in [0.4, 0.5) is 14.5 Å². The molecule has 0 aromatic heterocycles. The van der Waals surface area contributed by atoms with E-state index in [4.69, 9.17) is 4.74 Å². The highest BCUT2D eigenvalue weighted by atomic mass is 32.2. The minimum absolute atomic E-state index is 0.0396. The van der Waals surface area contributed by atoms with Crippen LogP contribution in [0.15, 0.2) is 72.8 Å². The monoisotopic (exact) mass is 460 g/mol. The summed E-state index contributed by atoms with van der Waals surface area (Å²) in [6.45, 7) is 0.513. The lowest BCUT2D eigenvalue weighted by Gasteiger charge is -2.22. The Hall–Kier alpha value is -3.46. The molecular weight excluding hydrogens is 438 g/mol. The molecule has 3 aromatic carbocycles. The highest BCUT2D eigenvalue weighted by Gasteiger charge is 2.18. The van der Waals surface area contributed by atoms with Crippen LogP contribution < -0.4 is 14.4 Å². The van der Waals surface area contributed by atoms with Gasteiger partial charge in [-0.25, -0.2) is 17.2 Å². The fourth-order valence-electron chi connectivity index (χ4n) is 2.90. The van der Waals surface area contributed by atoms with Crippen molar-refractivity contribution in [3.8, 4) is 5.75 Å². The van der Waals surface area contributed by atoms with Crippen molar-refractivity contribution in [2.75, 3.05) is 23.7 Å². The average Bonchev–Trinajstić information content (AvgIpc) is 2.76. The van der Waals surface area contributed by atoms with Gasteiger partial charge in [0.1, 0.15) is 24.0 Å². The summed E-state index contributed by atoms with van der Waals surface area (Å²) in [5.74, 6) is -0.619. The zero-order valence-electron chi connectivity index (χ0n) is 17.3. The van der Waals surface area contributed by atoms with Gasteiger partial charge in [0.05, 0.1) is 25.0 Å². The minimum Gasteiger partial charge on any atom is -0.492 e. The van der Waals surface area contributed by atoms with Gasteiger partial charge in [0.15, 0.2) is 0 Å². The van der Waals surface area contributed by atoms with Crippen molar-refractivity contribution in [3.05, 3.63) is 95.6 Å². The minimum atomic E-state index is -3.60. The van der Waals surface area contributed by atoms with Gasteiger partial charge in [-0.05, 0) is 66.2 Å². The molecule has 168 valence electrons. The number of nitrogens with zero attached hydrogens (tertiary/aromatic N) is 1. The van der Waals surface area contributed by atoms with Gasteiger partial charge in [0.2, 0.25) is 10.0 Å². The number of hydrogen-bond acceptors (Lipinski definition) is 4. The molecule has 6 nitrogen and oxygen atoms in total. The van der Waals surface area contributed by atoms with Crippen molar-refractivity contribution in [2.24, 2.45) is 0 Å². The van der Waals surface area contributed by atoms with Crippen molar-refractivity contribution < 1.29 is 26.7 Å². The van der Waals surface area contributed by atoms with Gasteiger partial charge in [-0.1, -0.05) is 12.1 Å². The molecule has 0 aliphatic carbocycles. The highest BCUT2D eigenvalue weighted by molar-refractivity contribution is 7.92. The fraction of sp³-hybridized carbons (Fsp3) is 0.174. The molecule has 1 N–H and O–H groups in total. The summed E-state index contributed by atoms with van der Waals surface area (Å²) < 4.78 is 57.0. The second kappa shape index (κ2) is 10.2. The maximum absolute atomic E-state index is 13.2. The number of anilines is 1. The van der Waals surface area contributed by atoms with Crippen molar-refractivity contribution in [1.82, 2.24) is 5.32 Å². The first-order valence-corrected chi connectivity index (χ1v) is 11.6. The molecule has 3 aromatic rings. The van der Waals surface area contributed by atoms with E-state index in [1.165, 1.54) is 48.5 Å². The molecule has 0 radical (unpaired) electrons. The first-order chi connectivity index (χ1) is 15.2. The predicted octanol–water partition coefficient (Wildman–Crippen LogP) is 3.74. The maximum atomic E-state index is 13.2. The van der Waals surface area contributed by atoms with Crippen LogP contribution in [0, 0.1) is 11.6 Å². The van der Waals surface area contributed by atoms with Gasteiger partial charge in [0.25, 0.3) is 5.91 Å². The summed E-state index contributed by atoms with van der Waals surface area (Å²) in [4.78, 5) is 12.3. The lowest BCUT2D eigenvalue weighted by Crippen LogP contribution is -2.29. The second-order valence-corrected chi connectivity index (χ2v) is 8.91. The Balaban J connectivity index is 1.56. The largest absolute Gasteiger partial charge is 0.492 e. The summed E-state index contributed by atoms with van der Waals surface area (Å²) in [5, 5.41) is 2.72. The number of rotatable bonds is 9. The van der Waals surface area contributed by atoms with Gasteiger partial charge in [-0.2, -0.15) is 0 Å². The lowest BCUT2D eigenvalue weighted by molar-refractivity contribution is 0.0947. The van der Waals surface area contributed by atoms with E-state index in [2.05, 4.69) is 5.32 Å². The van der Waals surface area contributed by atoms with Crippen LogP contribution in [0.2, 0.25) is 0 Å². The molecule has 0 unspecified atom stereocenters. The zero-order chi connectivity index (χ0) is 23.1. The number of amides is 1. The molecule has 0 aliphatic rings. The summed E-state index contributed by atoms with van der Waals surface area (Å²) in [6, 6.07) is 17.3. The molecule has 0 fully saturated rings. The molecule has 0 spiro atoms. The Morgan fingerprint density at radius 3 is 2.03 bits per heavy atom. The second-order valence-electron chi connectivity index (χ2n) is 7.00. The highest BCUT2D eigenvalue weighted by Crippen LogP contribution is 2.21. The quantitative estimate of drug-likeness (QED) is 0.494. The third-order valence-electron chi connectivity index (χ3n) is 4.53. The zero-order valence-corrected chi connectivity index (χ0v) is 18.1. The van der Waals surface area contributed by atoms with Crippen molar-refractivity contribution >= 4 is 21.6 Å². The summed E-state index contributed by atoms with van der Waals surface area (Å²) in [7, 11) is -3.60. The summed E-state index contributed by atoms with van der Waals surface area (Å²) in [6.07, 6.45) is 1.08.